The highest BCUT2D eigenvalue weighted by molar-refractivity contribution is 6.01. The molecule has 4 rings (SSSR count). The Labute approximate surface area is 143 Å². The predicted octanol–water partition coefficient (Wildman–Crippen LogP) is 3.61. The summed E-state index contributed by atoms with van der Waals surface area (Å²) in [6, 6.07) is 14.9. The first-order valence-electron chi connectivity index (χ1n) is 7.78. The summed E-state index contributed by atoms with van der Waals surface area (Å²) in [4.78, 5) is 16.4. The van der Waals surface area contributed by atoms with E-state index in [0.29, 0.717) is 11.5 Å². The molecule has 0 aliphatic heterocycles. The van der Waals surface area contributed by atoms with Crippen molar-refractivity contribution in [3.63, 3.8) is 0 Å². The third-order valence-corrected chi connectivity index (χ3v) is 3.95. The van der Waals surface area contributed by atoms with Crippen LogP contribution in [0.1, 0.15) is 0 Å². The van der Waals surface area contributed by atoms with Gasteiger partial charge in [0, 0.05) is 41.1 Å². The van der Waals surface area contributed by atoms with E-state index in [1.54, 1.807) is 0 Å². The number of carbonyl (C=O) groups excluding carboxylic acids is 1. The Balaban J connectivity index is 1.49. The van der Waals surface area contributed by atoms with Crippen LogP contribution in [0.4, 0.5) is 16.2 Å². The fourth-order valence-electron chi connectivity index (χ4n) is 2.74. The van der Waals surface area contributed by atoms with Gasteiger partial charge in [0.25, 0.3) is 0 Å². The Kier molecular flexibility index (Phi) is 3.66. The lowest BCUT2D eigenvalue weighted by Crippen LogP contribution is -2.19. The lowest BCUT2D eigenvalue weighted by molar-refractivity contribution is 0.262. The Morgan fingerprint density at radius 3 is 2.72 bits per heavy atom. The molecule has 0 spiro atoms. The van der Waals surface area contributed by atoms with Gasteiger partial charge in [0.15, 0.2) is 5.82 Å². The third kappa shape index (κ3) is 3.07. The predicted molar refractivity (Wildman–Crippen MR) is 97.4 cm³/mol. The fraction of sp³-hybridized carbons (Fsp3) is 0.0556. The van der Waals surface area contributed by atoms with Gasteiger partial charge >= 0.3 is 6.03 Å². The fourth-order valence-corrected chi connectivity index (χ4v) is 2.74. The van der Waals surface area contributed by atoms with Crippen LogP contribution in [0, 0.1) is 0 Å². The van der Waals surface area contributed by atoms with E-state index in [-0.39, 0.29) is 6.03 Å². The second-order valence-electron chi connectivity index (χ2n) is 5.69. The molecule has 3 N–H and O–H groups in total. The second kappa shape index (κ2) is 6.12. The summed E-state index contributed by atoms with van der Waals surface area (Å²) in [5.74, 6) is 0.651. The van der Waals surface area contributed by atoms with Gasteiger partial charge in [-0.25, -0.2) is 9.78 Å². The van der Waals surface area contributed by atoms with E-state index < -0.39 is 0 Å². The number of aromatic amines is 1. The van der Waals surface area contributed by atoms with Crippen LogP contribution in [0.25, 0.3) is 22.3 Å². The minimum Gasteiger partial charge on any atom is -0.351 e. The van der Waals surface area contributed by atoms with E-state index in [2.05, 4.69) is 25.8 Å². The van der Waals surface area contributed by atoms with Crippen molar-refractivity contribution in [1.29, 1.82) is 0 Å². The van der Waals surface area contributed by atoms with Crippen molar-refractivity contribution < 1.29 is 4.79 Å². The maximum absolute atomic E-state index is 12.3. The van der Waals surface area contributed by atoms with E-state index >= 15 is 0 Å². The lowest BCUT2D eigenvalue weighted by Gasteiger charge is -2.09. The molecule has 2 heterocycles. The van der Waals surface area contributed by atoms with E-state index in [9.17, 15) is 4.79 Å². The topological polar surface area (TPSA) is 87.6 Å². The molecule has 0 saturated heterocycles. The van der Waals surface area contributed by atoms with Crippen molar-refractivity contribution in [2.45, 2.75) is 0 Å². The van der Waals surface area contributed by atoms with Crippen LogP contribution in [-0.2, 0) is 7.05 Å². The Hall–Kier alpha value is -3.61. The Morgan fingerprint density at radius 2 is 1.92 bits per heavy atom. The zero-order valence-electron chi connectivity index (χ0n) is 13.5. The number of aryl methyl sites for hydroxylation is 1. The third-order valence-electron chi connectivity index (χ3n) is 3.95. The summed E-state index contributed by atoms with van der Waals surface area (Å²) in [6.45, 7) is 0. The molecule has 124 valence electrons. The molecule has 0 radical (unpaired) electrons. The van der Waals surface area contributed by atoms with Crippen molar-refractivity contribution in [2.75, 3.05) is 10.6 Å². The number of benzene rings is 2. The first-order valence-corrected chi connectivity index (χ1v) is 7.78. The summed E-state index contributed by atoms with van der Waals surface area (Å²) >= 11 is 0. The highest BCUT2D eigenvalue weighted by Gasteiger charge is 2.07. The van der Waals surface area contributed by atoms with E-state index in [0.717, 1.165) is 22.2 Å². The minimum atomic E-state index is -0.301. The van der Waals surface area contributed by atoms with Gasteiger partial charge in [-0.15, -0.1) is 0 Å². The highest BCUT2D eigenvalue weighted by atomic mass is 16.2. The molecule has 0 atom stereocenters. The summed E-state index contributed by atoms with van der Waals surface area (Å²) < 4.78 is 2.04. The number of carbonyl (C=O) groups is 1. The van der Waals surface area contributed by atoms with Gasteiger partial charge in [-0.1, -0.05) is 12.1 Å². The van der Waals surface area contributed by atoms with Crippen LogP contribution in [0.5, 0.6) is 0 Å². The van der Waals surface area contributed by atoms with Crippen molar-refractivity contribution in [3.05, 3.63) is 61.1 Å². The molecule has 0 unspecified atom stereocenters. The highest BCUT2D eigenvalue weighted by Crippen LogP contribution is 2.21. The smallest absolute Gasteiger partial charge is 0.323 e. The molecule has 0 aliphatic carbocycles. The van der Waals surface area contributed by atoms with E-state index in [1.165, 1.54) is 6.33 Å². The molecule has 0 bridgehead atoms. The summed E-state index contributed by atoms with van der Waals surface area (Å²) in [7, 11) is 1.99. The summed E-state index contributed by atoms with van der Waals surface area (Å²) in [6.07, 6.45) is 3.44. The Morgan fingerprint density at radius 1 is 1.08 bits per heavy atom. The SMILES string of the molecule is Cn1ccc2cc(NC(=O)Nc3cccc(-c4ncn[nH]4)c3)ccc21. The monoisotopic (exact) mass is 332 g/mol. The number of fused-ring (bicyclic) bond motifs is 1. The molecule has 0 saturated carbocycles. The number of hydrogen-bond acceptors (Lipinski definition) is 3. The average Bonchev–Trinajstić information content (AvgIpc) is 3.25. The van der Waals surface area contributed by atoms with Crippen LogP contribution < -0.4 is 10.6 Å². The van der Waals surface area contributed by atoms with Crippen molar-refractivity contribution in [2.24, 2.45) is 7.05 Å². The molecular formula is C18H16N6O. The van der Waals surface area contributed by atoms with Gasteiger partial charge in [0.2, 0.25) is 0 Å². The molecule has 25 heavy (non-hydrogen) atoms. The summed E-state index contributed by atoms with van der Waals surface area (Å²) in [5, 5.41) is 13.4. The zero-order chi connectivity index (χ0) is 17.2. The van der Waals surface area contributed by atoms with Crippen LogP contribution in [-0.4, -0.2) is 25.8 Å². The first kappa shape index (κ1) is 14.9. The number of amides is 2. The number of rotatable bonds is 3. The molecule has 7 heteroatoms. The molecular weight excluding hydrogens is 316 g/mol. The van der Waals surface area contributed by atoms with Gasteiger partial charge in [-0.2, -0.15) is 5.10 Å². The number of nitrogens with one attached hydrogen (secondary N) is 3. The van der Waals surface area contributed by atoms with Gasteiger partial charge in [0.1, 0.15) is 6.33 Å². The first-order chi connectivity index (χ1) is 12.2. The number of urea groups is 1. The number of anilines is 2. The Bertz CT molecular complexity index is 1030. The number of hydrogen-bond donors (Lipinski definition) is 3. The van der Waals surface area contributed by atoms with E-state index in [1.807, 2.05) is 66.3 Å². The van der Waals surface area contributed by atoms with Gasteiger partial charge < -0.3 is 15.2 Å². The molecule has 0 fully saturated rings. The van der Waals surface area contributed by atoms with Gasteiger partial charge in [0.05, 0.1) is 0 Å². The maximum Gasteiger partial charge on any atom is 0.323 e. The van der Waals surface area contributed by atoms with Crippen LogP contribution in [0.15, 0.2) is 61.1 Å². The zero-order valence-corrected chi connectivity index (χ0v) is 13.5. The van der Waals surface area contributed by atoms with Crippen LogP contribution in [0.2, 0.25) is 0 Å². The number of aromatic nitrogens is 4. The van der Waals surface area contributed by atoms with Crippen LogP contribution >= 0.6 is 0 Å². The molecule has 7 nitrogen and oxygen atoms in total. The largest absolute Gasteiger partial charge is 0.351 e. The van der Waals surface area contributed by atoms with Gasteiger partial charge in [-0.3, -0.25) is 5.10 Å². The summed E-state index contributed by atoms with van der Waals surface area (Å²) in [5.41, 5.74) is 3.38. The lowest BCUT2D eigenvalue weighted by atomic mass is 10.2. The van der Waals surface area contributed by atoms with Gasteiger partial charge in [-0.05, 0) is 36.4 Å². The molecule has 2 aromatic heterocycles. The standard InChI is InChI=1S/C18H16N6O/c1-24-8-7-12-9-15(5-6-16(12)24)22-18(25)21-14-4-2-3-13(10-14)17-19-11-20-23-17/h2-11H,1H3,(H,19,20,23)(H2,21,22,25). The number of H-pyrrole nitrogens is 1. The second-order valence-corrected chi connectivity index (χ2v) is 5.69. The normalized spacial score (nSPS) is 10.8. The van der Waals surface area contributed by atoms with Crippen molar-refractivity contribution >= 4 is 28.3 Å². The molecule has 2 aromatic carbocycles. The quantitative estimate of drug-likeness (QED) is 0.535. The van der Waals surface area contributed by atoms with Crippen LogP contribution in [0.3, 0.4) is 0 Å². The van der Waals surface area contributed by atoms with Crippen molar-refractivity contribution in [3.8, 4) is 11.4 Å². The molecule has 4 aromatic rings. The number of nitrogens with zero attached hydrogens (tertiary/aromatic N) is 3. The minimum absolute atomic E-state index is 0.301. The average molecular weight is 332 g/mol. The maximum atomic E-state index is 12.3. The molecule has 2 amide bonds. The van der Waals surface area contributed by atoms with Crippen molar-refractivity contribution in [1.82, 2.24) is 19.7 Å². The van der Waals surface area contributed by atoms with E-state index in [4.69, 9.17) is 0 Å². The molecule has 0 aliphatic rings.